The minimum absolute atomic E-state index is 0.754. The third-order valence-electron chi connectivity index (χ3n) is 1.52. The Morgan fingerprint density at radius 1 is 0.786 bits per heavy atom. The van der Waals surface area contributed by atoms with Crippen molar-refractivity contribution in [3.05, 3.63) is 0 Å². The van der Waals surface area contributed by atoms with Crippen LogP contribution < -0.4 is 0 Å². The van der Waals surface area contributed by atoms with Gasteiger partial charge in [0.05, 0.1) is 0 Å². The molecule has 0 aliphatic carbocycles. The molecule has 0 rings (SSSR count). The number of halogens is 5. The van der Waals surface area contributed by atoms with Gasteiger partial charge in [0, 0.05) is 0 Å². The minimum Gasteiger partial charge on any atom is -0.346 e. The van der Waals surface area contributed by atoms with Gasteiger partial charge in [0.25, 0.3) is 0 Å². The molecule has 0 saturated carbocycles. The van der Waals surface area contributed by atoms with Crippen LogP contribution in [0.15, 0.2) is 0 Å². The lowest BCUT2D eigenvalue weighted by atomic mass is 11.9. The first-order valence-corrected chi connectivity index (χ1v) is 18.8. The van der Waals surface area contributed by atoms with Crippen LogP contribution in [0.3, 0.4) is 0 Å². The van der Waals surface area contributed by atoms with Crippen LogP contribution in [-0.2, 0) is 0 Å². The van der Waals surface area contributed by atoms with Gasteiger partial charge in [-0.15, -0.1) is 55.4 Å². The van der Waals surface area contributed by atoms with E-state index in [2.05, 4.69) is 30.1 Å². The average Bonchev–Trinajstić information content (AvgIpc) is 1.79. The van der Waals surface area contributed by atoms with Gasteiger partial charge in [-0.1, -0.05) is 26.2 Å². The maximum absolute atomic E-state index is 6.32. The van der Waals surface area contributed by atoms with Crippen LogP contribution >= 0.6 is 55.4 Å². The van der Waals surface area contributed by atoms with E-state index in [0.29, 0.717) is 0 Å². The molecule has 0 atom stereocenters. The van der Waals surface area contributed by atoms with Crippen LogP contribution in [0.1, 0.15) is 0 Å². The van der Waals surface area contributed by atoms with Gasteiger partial charge in [0.15, 0.2) is 0 Å². The summed E-state index contributed by atoms with van der Waals surface area (Å²) in [7, 11) is -1.51. The van der Waals surface area contributed by atoms with Crippen molar-refractivity contribution in [2.45, 2.75) is 26.2 Å². The Hall–Kier alpha value is 2.28. The quantitative estimate of drug-likeness (QED) is 0.540. The molecule has 10 heteroatoms. The lowest BCUT2D eigenvalue weighted by Crippen LogP contribution is -2.65. The van der Waals surface area contributed by atoms with E-state index in [9.17, 15) is 0 Å². The standard InChI is InChI=1S/C4H12Cl5NSi4/c1-11(2)10(12(3)4)14(8,9)13(5,6)7/h1-4H3. The number of rotatable bonds is 4. The fourth-order valence-corrected chi connectivity index (χ4v) is 29.5. The van der Waals surface area contributed by atoms with E-state index in [1.54, 1.807) is 0 Å². The van der Waals surface area contributed by atoms with E-state index >= 15 is 0 Å². The summed E-state index contributed by atoms with van der Waals surface area (Å²) >= 11 is 30.5. The van der Waals surface area contributed by atoms with E-state index in [1.807, 2.05) is 0 Å². The Morgan fingerprint density at radius 2 is 1.07 bits per heavy atom. The molecule has 2 radical (unpaired) electrons. The van der Waals surface area contributed by atoms with Gasteiger partial charge in [0.1, 0.15) is 17.9 Å². The average molecular weight is 364 g/mol. The molecule has 0 aromatic carbocycles. The van der Waals surface area contributed by atoms with Gasteiger partial charge >= 0.3 is 11.9 Å². The molecule has 0 unspecified atom stereocenters. The zero-order chi connectivity index (χ0) is 11.7. The molecule has 0 spiro atoms. The van der Waals surface area contributed by atoms with Gasteiger partial charge in [-0.25, -0.2) is 0 Å². The molecule has 0 amide bonds. The zero-order valence-corrected chi connectivity index (χ0v) is 16.1. The highest BCUT2D eigenvalue weighted by Crippen LogP contribution is 2.40. The summed E-state index contributed by atoms with van der Waals surface area (Å²) in [6.45, 7) is 8.50. The summed E-state index contributed by atoms with van der Waals surface area (Å²) < 4.78 is 2.14. The van der Waals surface area contributed by atoms with Crippen LogP contribution in [0.2, 0.25) is 26.2 Å². The van der Waals surface area contributed by atoms with Crippen LogP contribution in [0, 0.1) is 0 Å². The lowest BCUT2D eigenvalue weighted by Gasteiger charge is -2.40. The monoisotopic (exact) mass is 361 g/mol. The van der Waals surface area contributed by atoms with Crippen molar-refractivity contribution in [1.29, 1.82) is 0 Å². The van der Waals surface area contributed by atoms with Crippen LogP contribution in [0.25, 0.3) is 0 Å². The highest BCUT2D eigenvalue weighted by atomic mass is 35.9. The molecule has 0 bridgehead atoms. The predicted octanol–water partition coefficient (Wildman–Crippen LogP) is 3.94. The Bertz CT molecular complexity index is 185. The Labute approximate surface area is 114 Å². The molecule has 0 aromatic rings. The third kappa shape index (κ3) is 3.94. The molecular formula is C4H12Cl5NSi4. The lowest BCUT2D eigenvalue weighted by molar-refractivity contribution is 1.03. The first-order chi connectivity index (χ1) is 6.01. The first kappa shape index (κ1) is 16.3. The van der Waals surface area contributed by atoms with Crippen molar-refractivity contribution in [2.24, 2.45) is 0 Å². The van der Waals surface area contributed by atoms with E-state index in [1.165, 1.54) is 0 Å². The largest absolute Gasteiger partial charge is 0.375 e. The van der Waals surface area contributed by atoms with Crippen molar-refractivity contribution in [2.75, 3.05) is 0 Å². The molecule has 0 heterocycles. The predicted molar refractivity (Wildman–Crippen MR) is 77.6 cm³/mol. The second kappa shape index (κ2) is 5.75. The fourth-order valence-electron chi connectivity index (χ4n) is 1.14. The van der Waals surface area contributed by atoms with E-state index in [-0.39, 0.29) is 0 Å². The van der Waals surface area contributed by atoms with E-state index in [0.717, 1.165) is 0 Å². The van der Waals surface area contributed by atoms with Crippen LogP contribution in [0.4, 0.5) is 0 Å². The van der Waals surface area contributed by atoms with Crippen molar-refractivity contribution in [3.8, 4) is 0 Å². The maximum Gasteiger partial charge on any atom is 0.375 e. The van der Waals surface area contributed by atoms with Crippen LogP contribution in [0.5, 0.6) is 0 Å². The Morgan fingerprint density at radius 3 is 1.14 bits per heavy atom. The number of hydrogen-bond donors (Lipinski definition) is 0. The topological polar surface area (TPSA) is 3.24 Å². The van der Waals surface area contributed by atoms with Crippen molar-refractivity contribution in [3.63, 3.8) is 0 Å². The van der Waals surface area contributed by atoms with Crippen molar-refractivity contribution < 1.29 is 0 Å². The molecule has 14 heavy (non-hydrogen) atoms. The summed E-state index contributed by atoms with van der Waals surface area (Å²) in [5.74, 6) is 0. The first-order valence-electron chi connectivity index (χ1n) is 3.87. The molecular weight excluding hydrogens is 352 g/mol. The second-order valence-corrected chi connectivity index (χ2v) is 31.7. The highest BCUT2D eigenvalue weighted by Gasteiger charge is 2.58. The molecule has 0 aromatic heterocycles. The van der Waals surface area contributed by atoms with E-state index in [4.69, 9.17) is 55.4 Å². The van der Waals surface area contributed by atoms with E-state index < -0.39 is 29.8 Å². The summed E-state index contributed by atoms with van der Waals surface area (Å²) in [6, 6.07) is 0. The van der Waals surface area contributed by atoms with Crippen molar-refractivity contribution >= 4 is 85.2 Å². The molecule has 0 N–H and O–H groups in total. The SMILES string of the molecule is C[Si](C)N([Si](C)C)[Si](Cl)(Cl)[Si](Cl)(Cl)Cl. The smallest absolute Gasteiger partial charge is 0.346 e. The van der Waals surface area contributed by atoms with Gasteiger partial charge < -0.3 is 3.90 Å². The summed E-state index contributed by atoms with van der Waals surface area (Å²) in [6.07, 6.45) is -2.86. The maximum atomic E-state index is 6.32. The normalized spacial score (nSPS) is 14.6. The summed E-state index contributed by atoms with van der Waals surface area (Å²) in [4.78, 5) is 0. The summed E-state index contributed by atoms with van der Waals surface area (Å²) in [5.41, 5.74) is -3.01. The van der Waals surface area contributed by atoms with Gasteiger partial charge in [0.2, 0.25) is 0 Å². The second-order valence-electron chi connectivity index (χ2n) is 3.27. The van der Waals surface area contributed by atoms with Gasteiger partial charge in [-0.3, -0.25) is 0 Å². The van der Waals surface area contributed by atoms with Crippen molar-refractivity contribution in [1.82, 2.24) is 3.90 Å². The highest BCUT2D eigenvalue weighted by molar-refractivity contribution is 8.02. The molecule has 1 nitrogen and oxygen atoms in total. The number of nitrogens with zero attached hydrogens (tertiary/aromatic N) is 1. The fraction of sp³-hybridized carbons (Fsp3) is 1.00. The summed E-state index contributed by atoms with van der Waals surface area (Å²) in [5, 5.41) is 0. The molecule has 0 aliphatic rings. The molecule has 0 fully saturated rings. The number of hydrogen-bond acceptors (Lipinski definition) is 1. The Balaban J connectivity index is 5.01. The van der Waals surface area contributed by atoms with Crippen LogP contribution in [-0.4, -0.2) is 33.7 Å². The molecule has 0 aliphatic heterocycles. The van der Waals surface area contributed by atoms with Gasteiger partial charge in [-0.2, -0.15) is 0 Å². The molecule has 84 valence electrons. The zero-order valence-electron chi connectivity index (χ0n) is 8.34. The van der Waals surface area contributed by atoms with Gasteiger partial charge in [-0.05, 0) is 0 Å². The minimum atomic E-state index is -3.01. The third-order valence-corrected chi connectivity index (χ3v) is 36.4. The Kier molecular flexibility index (Phi) is 6.68. The molecule has 0 saturated heterocycles.